The number of nitrogens with two attached hydrogens (primary N) is 1. The van der Waals surface area contributed by atoms with Gasteiger partial charge in [0.25, 0.3) is 0 Å². The number of anilines is 1. The molecular weight excluding hydrogens is 692 g/mol. The van der Waals surface area contributed by atoms with Crippen LogP contribution in [0.5, 0.6) is 0 Å². The first-order valence-electron chi connectivity index (χ1n) is 15.3. The molecule has 0 bridgehead atoms. The molecule has 0 spiro atoms. The molecule has 18 heteroatoms. The molecule has 3 saturated heterocycles. The van der Waals surface area contributed by atoms with Crippen molar-refractivity contribution in [2.75, 3.05) is 31.1 Å². The minimum absolute atomic E-state index is 0. The van der Waals surface area contributed by atoms with Crippen molar-refractivity contribution < 1.29 is 64.8 Å². The minimum Gasteiger partial charge on any atom is -1.00 e. The van der Waals surface area contributed by atoms with Crippen molar-refractivity contribution in [3.05, 3.63) is 57.7 Å². The van der Waals surface area contributed by atoms with Gasteiger partial charge in [-0.05, 0) is 45.3 Å². The van der Waals surface area contributed by atoms with E-state index in [1.807, 2.05) is 30.1 Å². The number of carbonyl (C=O) groups is 4. The molecule has 3 fully saturated rings. The molecule has 2 aromatic heterocycles. The number of nitrogens with one attached hydrogen (secondary N) is 2. The van der Waals surface area contributed by atoms with E-state index in [4.69, 9.17) is 10.8 Å². The Balaban J connectivity index is 0.000000327. The molecule has 1 unspecified atom stereocenters. The third kappa shape index (κ3) is 8.00. The van der Waals surface area contributed by atoms with Crippen LogP contribution >= 0.6 is 24.2 Å². The van der Waals surface area contributed by atoms with Gasteiger partial charge in [-0.25, -0.2) is 19.0 Å². The summed E-state index contributed by atoms with van der Waals surface area (Å²) in [7, 11) is 0. The molecule has 0 saturated carbocycles. The number of piperazine rings is 1. The molecule has 49 heavy (non-hydrogen) atoms. The zero-order chi connectivity index (χ0) is 34.2. The topological polar surface area (TPSA) is 200 Å². The van der Waals surface area contributed by atoms with Gasteiger partial charge in [-0.15, -0.1) is 24.2 Å². The molecule has 0 aromatic carbocycles. The molecule has 4 atom stereocenters. The zero-order valence-corrected chi connectivity index (χ0v) is 31.3. The zero-order valence-electron chi connectivity index (χ0n) is 28.6. The third-order valence-electron chi connectivity index (χ3n) is 8.66. The number of carbonyl (C=O) groups excluding carboxylic acids is 2. The van der Waals surface area contributed by atoms with Gasteiger partial charge in [0.1, 0.15) is 34.7 Å². The molecule has 2 amide bonds. The first-order valence-corrected chi connectivity index (χ1v) is 16.2. The summed E-state index contributed by atoms with van der Waals surface area (Å²) in [6.07, 6.45) is 8.54. The smallest absolute Gasteiger partial charge is 1.00 e. The summed E-state index contributed by atoms with van der Waals surface area (Å²) in [6, 6.07) is -1.28. The standard InChI is InChI=1S/C16H21N3O4S.C15H17FN4O3.ClH.Na.H/c1-16(2)11(15(22)23)19-13(21)10(14(19)24-16)18-12(20)9(17)8-6-4-3-5-7-8;1-2-19-8-10(15(22)23)12(21)9-7-11(16)14(18-13(9)19)20-5-3-17-4-6-20;;;/h3-4,7,9-11,14H,5-6,17H2,1-2H3,(H,18,20)(H,22,23);7-8,17H,2-6H2,1H3,(H,22,23);1H;;/q;;;+1;-1/t9?,10-,11+,14-;;;;/m1..../s1. The maximum atomic E-state index is 14.4. The maximum Gasteiger partial charge on any atom is 1.00 e. The van der Waals surface area contributed by atoms with Gasteiger partial charge in [-0.3, -0.25) is 14.4 Å². The number of aromatic carboxylic acids is 1. The third-order valence-corrected chi connectivity index (χ3v) is 10.2. The monoisotopic (exact) mass is 731 g/mol. The normalized spacial score (nSPS) is 22.7. The van der Waals surface area contributed by atoms with Crippen LogP contribution in [0, 0.1) is 5.82 Å². The number of aliphatic carboxylic acids is 1. The molecule has 5 heterocycles. The molecule has 3 aliphatic heterocycles. The van der Waals surface area contributed by atoms with Crippen LogP contribution in [0.15, 0.2) is 40.9 Å². The number of pyridine rings is 2. The molecule has 6 rings (SSSR count). The van der Waals surface area contributed by atoms with Crippen molar-refractivity contribution >= 4 is 64.8 Å². The Bertz CT molecular complexity index is 1760. The van der Waals surface area contributed by atoms with Crippen LogP contribution in [0.4, 0.5) is 10.2 Å². The van der Waals surface area contributed by atoms with Crippen molar-refractivity contribution in [1.29, 1.82) is 0 Å². The fraction of sp³-hybridized carbons (Fsp3) is 0.484. The Kier molecular flexibility index (Phi) is 13.5. The molecule has 262 valence electrons. The second-order valence-corrected chi connectivity index (χ2v) is 13.9. The predicted octanol–water partition coefficient (Wildman–Crippen LogP) is -1.58. The number of carboxylic acid groups (broad SMARTS) is 2. The number of hydrogen-bond donors (Lipinski definition) is 5. The summed E-state index contributed by atoms with van der Waals surface area (Å²) in [4.78, 5) is 67.1. The van der Waals surface area contributed by atoms with E-state index in [2.05, 4.69) is 15.6 Å². The van der Waals surface area contributed by atoms with E-state index in [0.717, 1.165) is 31.1 Å². The van der Waals surface area contributed by atoms with Crippen LogP contribution < -0.4 is 56.3 Å². The van der Waals surface area contributed by atoms with E-state index in [1.165, 1.54) is 22.9 Å². The SMILES string of the molecule is CC1(C)S[C@@H]2[C@H](NC(=O)C(N)C3=CCC=CC3)C(=O)N2[C@H]1C(=O)O.CCn1cc(C(=O)O)c(=O)c2cc(F)c(N3CCNCC3)nc21.Cl.[H-].[Na+]. The van der Waals surface area contributed by atoms with E-state index in [9.17, 15) is 33.5 Å². The van der Waals surface area contributed by atoms with Crippen molar-refractivity contribution in [3.63, 3.8) is 0 Å². The second-order valence-electron chi connectivity index (χ2n) is 12.1. The molecule has 14 nitrogen and oxygen atoms in total. The van der Waals surface area contributed by atoms with Gasteiger partial charge < -0.3 is 42.4 Å². The number of carboxylic acids is 2. The van der Waals surface area contributed by atoms with Crippen molar-refractivity contribution in [1.82, 2.24) is 25.1 Å². The molecule has 1 aliphatic carbocycles. The minimum atomic E-state index is -1.33. The van der Waals surface area contributed by atoms with Crippen LogP contribution in [0.2, 0.25) is 0 Å². The summed E-state index contributed by atoms with van der Waals surface area (Å²) in [5.41, 5.74) is 6.04. The summed E-state index contributed by atoms with van der Waals surface area (Å²) in [5.74, 6) is -3.52. The number of allylic oxidation sites excluding steroid dienone is 3. The van der Waals surface area contributed by atoms with Gasteiger partial charge >= 0.3 is 41.5 Å². The fourth-order valence-corrected chi connectivity index (χ4v) is 7.82. The van der Waals surface area contributed by atoms with Crippen LogP contribution in [-0.4, -0.2) is 103 Å². The average molecular weight is 732 g/mol. The Morgan fingerprint density at radius 2 is 1.90 bits per heavy atom. The van der Waals surface area contributed by atoms with Crippen molar-refractivity contribution in [3.8, 4) is 0 Å². The number of amides is 2. The van der Waals surface area contributed by atoms with Crippen molar-refractivity contribution in [2.24, 2.45) is 5.73 Å². The van der Waals surface area contributed by atoms with Gasteiger partial charge in [-0.2, -0.15) is 0 Å². The summed E-state index contributed by atoms with van der Waals surface area (Å²) < 4.78 is 15.4. The predicted molar refractivity (Wildman–Crippen MR) is 182 cm³/mol. The average Bonchev–Trinajstić information content (AvgIpc) is 3.31. The van der Waals surface area contributed by atoms with Gasteiger partial charge in [0.05, 0.1) is 5.39 Å². The Labute approximate surface area is 315 Å². The van der Waals surface area contributed by atoms with Crippen molar-refractivity contribution in [2.45, 2.75) is 68.4 Å². The Morgan fingerprint density at radius 1 is 1.22 bits per heavy atom. The van der Waals surface area contributed by atoms with E-state index >= 15 is 0 Å². The Hall–Kier alpha value is -2.99. The number of aryl methyl sites for hydroxylation is 1. The number of β-lactam (4-membered cyclic amide) rings is 1. The van der Waals surface area contributed by atoms with E-state index in [-0.39, 0.29) is 71.4 Å². The number of thioether (sulfide) groups is 1. The van der Waals surface area contributed by atoms with Crippen LogP contribution in [0.25, 0.3) is 11.0 Å². The summed E-state index contributed by atoms with van der Waals surface area (Å²) in [6.45, 7) is 8.55. The number of rotatable bonds is 7. The van der Waals surface area contributed by atoms with Crippen LogP contribution in [0.3, 0.4) is 0 Å². The number of nitrogens with zero attached hydrogens (tertiary/aromatic N) is 4. The quantitative estimate of drug-likeness (QED) is 0.125. The fourth-order valence-electron chi connectivity index (χ4n) is 6.20. The maximum absolute atomic E-state index is 14.4. The summed E-state index contributed by atoms with van der Waals surface area (Å²) in [5, 5.41) is 24.0. The van der Waals surface area contributed by atoms with Gasteiger partial charge in [0, 0.05) is 43.7 Å². The van der Waals surface area contributed by atoms with E-state index in [0.29, 0.717) is 31.7 Å². The first kappa shape index (κ1) is 40.4. The number of hydrogen-bond acceptors (Lipinski definition) is 10. The summed E-state index contributed by atoms with van der Waals surface area (Å²) >= 11 is 1.40. The van der Waals surface area contributed by atoms with Crippen LogP contribution in [0.1, 0.15) is 45.4 Å². The molecular formula is C31H40ClFN7NaO7S. The number of aromatic nitrogens is 2. The van der Waals surface area contributed by atoms with Gasteiger partial charge in [-0.1, -0.05) is 18.2 Å². The molecule has 2 aromatic rings. The van der Waals surface area contributed by atoms with Gasteiger partial charge in [0.2, 0.25) is 17.2 Å². The number of fused-ring (bicyclic) bond motifs is 2. The Morgan fingerprint density at radius 3 is 2.47 bits per heavy atom. The van der Waals surface area contributed by atoms with Crippen LogP contribution in [-0.2, 0) is 20.9 Å². The first-order chi connectivity index (χ1) is 22.3. The number of halogens is 2. The molecule has 0 radical (unpaired) electrons. The van der Waals surface area contributed by atoms with E-state index in [1.54, 1.807) is 18.4 Å². The van der Waals surface area contributed by atoms with E-state index < -0.39 is 52.0 Å². The molecule has 6 N–H and O–H groups in total. The van der Waals surface area contributed by atoms with Gasteiger partial charge in [0.15, 0.2) is 11.6 Å². The largest absolute Gasteiger partial charge is 1.00 e. The molecule has 4 aliphatic rings. The second kappa shape index (κ2) is 16.4.